The molecule has 10 heteroatoms. The number of fused-ring (bicyclic) bond motifs is 1. The second-order valence-corrected chi connectivity index (χ2v) is 6.55. The van der Waals surface area contributed by atoms with Crippen molar-refractivity contribution in [2.45, 2.75) is 26.1 Å². The number of ether oxygens (including phenoxy) is 3. The van der Waals surface area contributed by atoms with Gasteiger partial charge in [-0.1, -0.05) is 18.2 Å². The van der Waals surface area contributed by atoms with Crippen molar-refractivity contribution in [1.29, 1.82) is 0 Å². The molecule has 170 valence electrons. The first kappa shape index (κ1) is 24.9. The van der Waals surface area contributed by atoms with E-state index in [-0.39, 0.29) is 43.1 Å². The minimum atomic E-state index is -2.88. The number of hydrogen-bond donors (Lipinski definition) is 3. The SMILES string of the molecule is CCNC(=NCC(O)c1ccc(OC(F)F)cc1)NCCc1ccc2c(c1)OCO2.I. The zero-order chi connectivity index (χ0) is 21.3. The van der Waals surface area contributed by atoms with E-state index in [1.165, 1.54) is 24.3 Å². The van der Waals surface area contributed by atoms with Gasteiger partial charge >= 0.3 is 6.61 Å². The van der Waals surface area contributed by atoms with Crippen molar-refractivity contribution < 1.29 is 28.1 Å². The van der Waals surface area contributed by atoms with Gasteiger partial charge in [0.1, 0.15) is 5.75 Å². The molecule has 0 fully saturated rings. The van der Waals surface area contributed by atoms with Crippen LogP contribution in [0.5, 0.6) is 17.2 Å². The zero-order valence-corrected chi connectivity index (χ0v) is 19.3. The molecule has 1 aliphatic heterocycles. The van der Waals surface area contributed by atoms with Gasteiger partial charge in [-0.05, 0) is 48.7 Å². The molecule has 0 spiro atoms. The van der Waals surface area contributed by atoms with Gasteiger partial charge in [-0.2, -0.15) is 8.78 Å². The van der Waals surface area contributed by atoms with E-state index >= 15 is 0 Å². The predicted octanol–water partition coefficient (Wildman–Crippen LogP) is 3.47. The van der Waals surface area contributed by atoms with Gasteiger partial charge < -0.3 is 30.0 Å². The van der Waals surface area contributed by atoms with Crippen LogP contribution in [0.1, 0.15) is 24.2 Å². The molecule has 0 bridgehead atoms. The van der Waals surface area contributed by atoms with Gasteiger partial charge in [-0.15, -0.1) is 24.0 Å². The van der Waals surface area contributed by atoms with Crippen molar-refractivity contribution in [3.63, 3.8) is 0 Å². The molecule has 0 aliphatic carbocycles. The molecule has 0 aromatic heterocycles. The third-order valence-corrected chi connectivity index (χ3v) is 4.40. The molecule has 3 N–H and O–H groups in total. The number of hydrogen-bond acceptors (Lipinski definition) is 5. The minimum absolute atomic E-state index is 0. The average molecular weight is 549 g/mol. The first-order valence-corrected chi connectivity index (χ1v) is 9.68. The topological polar surface area (TPSA) is 84.3 Å². The minimum Gasteiger partial charge on any atom is -0.454 e. The average Bonchev–Trinajstić information content (AvgIpc) is 3.20. The summed E-state index contributed by atoms with van der Waals surface area (Å²) >= 11 is 0. The fraction of sp³-hybridized carbons (Fsp3) is 0.381. The van der Waals surface area contributed by atoms with E-state index in [1.54, 1.807) is 0 Å². The quantitative estimate of drug-likeness (QED) is 0.253. The molecule has 31 heavy (non-hydrogen) atoms. The molecule has 0 radical (unpaired) electrons. The summed E-state index contributed by atoms with van der Waals surface area (Å²) in [7, 11) is 0. The lowest BCUT2D eigenvalue weighted by Crippen LogP contribution is -2.38. The largest absolute Gasteiger partial charge is 0.454 e. The number of aliphatic hydroxyl groups excluding tert-OH is 1. The molecular weight excluding hydrogens is 523 g/mol. The first-order chi connectivity index (χ1) is 14.5. The van der Waals surface area contributed by atoms with Crippen LogP contribution in [0.2, 0.25) is 0 Å². The van der Waals surface area contributed by atoms with Crippen molar-refractivity contribution in [3.8, 4) is 17.2 Å². The monoisotopic (exact) mass is 549 g/mol. The third-order valence-electron chi connectivity index (χ3n) is 4.40. The highest BCUT2D eigenvalue weighted by molar-refractivity contribution is 14.0. The molecule has 1 atom stereocenters. The van der Waals surface area contributed by atoms with Crippen LogP contribution in [0.3, 0.4) is 0 Å². The van der Waals surface area contributed by atoms with Gasteiger partial charge in [0, 0.05) is 13.1 Å². The summed E-state index contributed by atoms with van der Waals surface area (Å²) in [5.41, 5.74) is 1.67. The summed E-state index contributed by atoms with van der Waals surface area (Å²) in [4.78, 5) is 4.40. The summed E-state index contributed by atoms with van der Waals surface area (Å²) in [6.45, 7) is 0.754. The number of nitrogens with zero attached hydrogens (tertiary/aromatic N) is 1. The number of halogens is 3. The molecule has 1 unspecified atom stereocenters. The normalized spacial score (nSPS) is 13.5. The van der Waals surface area contributed by atoms with Crippen molar-refractivity contribution in [2.24, 2.45) is 4.99 Å². The summed E-state index contributed by atoms with van der Waals surface area (Å²) in [5.74, 6) is 2.13. The van der Waals surface area contributed by atoms with Gasteiger partial charge in [0.15, 0.2) is 17.5 Å². The van der Waals surface area contributed by atoms with Crippen molar-refractivity contribution in [3.05, 3.63) is 53.6 Å². The molecular formula is C21H26F2IN3O4. The molecule has 7 nitrogen and oxygen atoms in total. The highest BCUT2D eigenvalue weighted by Crippen LogP contribution is 2.32. The second-order valence-electron chi connectivity index (χ2n) is 6.55. The summed E-state index contributed by atoms with van der Waals surface area (Å²) in [6, 6.07) is 11.7. The second kappa shape index (κ2) is 12.5. The Morgan fingerprint density at radius 1 is 1.13 bits per heavy atom. The molecule has 0 amide bonds. The van der Waals surface area contributed by atoms with Crippen LogP contribution < -0.4 is 24.8 Å². The number of rotatable bonds is 9. The summed E-state index contributed by atoms with van der Waals surface area (Å²) in [5, 5.41) is 16.7. The molecule has 0 saturated heterocycles. The van der Waals surface area contributed by atoms with E-state index < -0.39 is 12.7 Å². The van der Waals surface area contributed by atoms with Crippen LogP contribution in [-0.2, 0) is 6.42 Å². The lowest BCUT2D eigenvalue weighted by molar-refractivity contribution is -0.0498. The Bertz CT molecular complexity index is 853. The standard InChI is InChI=1S/C21H25F2N3O4.HI/c1-2-24-21(25-10-9-14-3-8-18-19(11-14)29-13-28-18)26-12-17(27)15-4-6-16(7-5-15)30-20(22)23;/h3-8,11,17,20,27H,2,9-10,12-13H2,1H3,(H2,24,25,26);1H. The van der Waals surface area contributed by atoms with Crippen molar-refractivity contribution in [1.82, 2.24) is 10.6 Å². The molecule has 2 aromatic rings. The number of aliphatic imine (C=N–C) groups is 1. The van der Waals surface area contributed by atoms with Crippen LogP contribution in [0.4, 0.5) is 8.78 Å². The Hall–Kier alpha value is -2.34. The maximum absolute atomic E-state index is 12.2. The number of nitrogens with one attached hydrogen (secondary N) is 2. The number of guanidine groups is 1. The van der Waals surface area contributed by atoms with Gasteiger partial charge in [0.05, 0.1) is 12.6 Å². The van der Waals surface area contributed by atoms with E-state index in [0.29, 0.717) is 24.6 Å². The zero-order valence-electron chi connectivity index (χ0n) is 17.0. The number of alkyl halides is 2. The van der Waals surface area contributed by atoms with Crippen LogP contribution in [-0.4, -0.2) is 44.1 Å². The smallest absolute Gasteiger partial charge is 0.387 e. The highest BCUT2D eigenvalue weighted by Gasteiger charge is 2.13. The van der Waals surface area contributed by atoms with Crippen molar-refractivity contribution >= 4 is 29.9 Å². The van der Waals surface area contributed by atoms with Crippen molar-refractivity contribution in [2.75, 3.05) is 26.4 Å². The molecule has 0 saturated carbocycles. The Labute approximate surface area is 196 Å². The predicted molar refractivity (Wildman–Crippen MR) is 124 cm³/mol. The van der Waals surface area contributed by atoms with Crippen LogP contribution in [0.15, 0.2) is 47.5 Å². The van der Waals surface area contributed by atoms with E-state index in [9.17, 15) is 13.9 Å². The summed E-state index contributed by atoms with van der Waals surface area (Å²) < 4.78 is 39.4. The first-order valence-electron chi connectivity index (χ1n) is 9.68. The maximum Gasteiger partial charge on any atom is 0.387 e. The van der Waals surface area contributed by atoms with Crippen LogP contribution in [0, 0.1) is 0 Å². The maximum atomic E-state index is 12.2. The van der Waals surface area contributed by atoms with Crippen LogP contribution in [0.25, 0.3) is 0 Å². The van der Waals surface area contributed by atoms with Gasteiger partial charge in [-0.3, -0.25) is 4.99 Å². The van der Waals surface area contributed by atoms with Gasteiger partial charge in [0.2, 0.25) is 6.79 Å². The number of benzene rings is 2. The molecule has 1 aliphatic rings. The Balaban J connectivity index is 0.00000341. The van der Waals surface area contributed by atoms with E-state index in [1.807, 2.05) is 25.1 Å². The fourth-order valence-electron chi connectivity index (χ4n) is 2.92. The Kier molecular flexibility index (Phi) is 10.0. The van der Waals surface area contributed by atoms with E-state index in [2.05, 4.69) is 20.4 Å². The van der Waals surface area contributed by atoms with E-state index in [4.69, 9.17) is 9.47 Å². The lowest BCUT2D eigenvalue weighted by atomic mass is 10.1. The van der Waals surface area contributed by atoms with Crippen LogP contribution >= 0.6 is 24.0 Å². The number of aliphatic hydroxyl groups is 1. The highest BCUT2D eigenvalue weighted by atomic mass is 127. The Morgan fingerprint density at radius 3 is 2.58 bits per heavy atom. The molecule has 3 rings (SSSR count). The van der Waals surface area contributed by atoms with Gasteiger partial charge in [-0.25, -0.2) is 0 Å². The Morgan fingerprint density at radius 2 is 1.87 bits per heavy atom. The lowest BCUT2D eigenvalue weighted by Gasteiger charge is -2.14. The van der Waals surface area contributed by atoms with Gasteiger partial charge in [0.25, 0.3) is 0 Å². The summed E-state index contributed by atoms with van der Waals surface area (Å²) in [6.07, 6.45) is -0.107. The van der Waals surface area contributed by atoms with E-state index in [0.717, 1.165) is 23.5 Å². The molecule has 1 heterocycles. The third kappa shape index (κ3) is 7.69. The molecule has 2 aromatic carbocycles. The fourth-order valence-corrected chi connectivity index (χ4v) is 2.92.